The van der Waals surface area contributed by atoms with Gasteiger partial charge in [0.25, 0.3) is 0 Å². The first-order valence-corrected chi connectivity index (χ1v) is 10.1. The summed E-state index contributed by atoms with van der Waals surface area (Å²) in [5, 5.41) is 8.99. The molecule has 0 aliphatic rings. The molecule has 0 spiro atoms. The number of sulfonamides is 1. The van der Waals surface area contributed by atoms with Crippen LogP contribution in [0.2, 0.25) is 5.02 Å². The van der Waals surface area contributed by atoms with Gasteiger partial charge in [0.2, 0.25) is 10.0 Å². The van der Waals surface area contributed by atoms with Gasteiger partial charge in [-0.15, -0.1) is 0 Å². The Labute approximate surface area is 167 Å². The zero-order valence-corrected chi connectivity index (χ0v) is 16.7. The summed E-state index contributed by atoms with van der Waals surface area (Å²) in [5.74, 6) is -1.95. The van der Waals surface area contributed by atoms with Crippen molar-refractivity contribution >= 4 is 27.6 Å². The Bertz CT molecular complexity index is 1020. The van der Waals surface area contributed by atoms with E-state index in [2.05, 4.69) is 4.72 Å². The van der Waals surface area contributed by atoms with E-state index in [9.17, 15) is 17.6 Å². The molecule has 6 nitrogen and oxygen atoms in total. The Hall–Kier alpha value is -2.47. The van der Waals surface area contributed by atoms with Crippen LogP contribution in [0.15, 0.2) is 47.4 Å². The largest absolute Gasteiger partial charge is 0.460 e. The van der Waals surface area contributed by atoms with Gasteiger partial charge >= 0.3 is 5.97 Å². The smallest absolute Gasteiger partial charge is 0.324 e. The molecule has 0 aliphatic carbocycles. The topological polar surface area (TPSA) is 96.3 Å². The number of nitrogens with zero attached hydrogens (tertiary/aromatic N) is 1. The molecule has 2 rings (SSSR count). The highest BCUT2D eigenvalue weighted by Gasteiger charge is 2.30. The Kier molecular flexibility index (Phi) is 7.13. The maximum atomic E-state index is 13.9. The summed E-state index contributed by atoms with van der Waals surface area (Å²) < 4.78 is 46.4. The second-order valence-corrected chi connectivity index (χ2v) is 8.48. The molecule has 0 unspecified atom stereocenters. The van der Waals surface area contributed by atoms with Crippen LogP contribution in [0.3, 0.4) is 0 Å². The van der Waals surface area contributed by atoms with Gasteiger partial charge in [-0.3, -0.25) is 4.79 Å². The fraction of sp³-hybridized carbons (Fsp3) is 0.263. The van der Waals surface area contributed by atoms with Crippen LogP contribution in [-0.4, -0.2) is 20.4 Å². The first-order valence-electron chi connectivity index (χ1n) is 8.27. The average Bonchev–Trinajstić information content (AvgIpc) is 2.64. The highest BCUT2D eigenvalue weighted by molar-refractivity contribution is 7.89. The lowest BCUT2D eigenvalue weighted by Gasteiger charge is -2.21. The van der Waals surface area contributed by atoms with Crippen molar-refractivity contribution in [2.45, 2.75) is 31.4 Å². The second-order valence-electron chi connectivity index (χ2n) is 6.33. The molecule has 0 bridgehead atoms. The zero-order chi connectivity index (χ0) is 20.9. The first-order chi connectivity index (χ1) is 13.1. The summed E-state index contributed by atoms with van der Waals surface area (Å²) in [7, 11) is -4.02. The minimum Gasteiger partial charge on any atom is -0.460 e. The van der Waals surface area contributed by atoms with Crippen LogP contribution in [-0.2, 0) is 26.2 Å². The monoisotopic (exact) mass is 424 g/mol. The van der Waals surface area contributed by atoms with E-state index in [1.54, 1.807) is 19.9 Å². The molecule has 0 saturated carbocycles. The molecule has 0 saturated heterocycles. The third kappa shape index (κ3) is 5.52. The van der Waals surface area contributed by atoms with Gasteiger partial charge in [-0.25, -0.2) is 12.8 Å². The van der Waals surface area contributed by atoms with Gasteiger partial charge < -0.3 is 4.74 Å². The molecule has 0 fully saturated rings. The van der Waals surface area contributed by atoms with E-state index in [-0.39, 0.29) is 21.0 Å². The van der Waals surface area contributed by atoms with Crippen LogP contribution in [0.4, 0.5) is 4.39 Å². The third-order valence-corrected chi connectivity index (χ3v) is 5.54. The van der Waals surface area contributed by atoms with Crippen LogP contribution >= 0.6 is 11.6 Å². The lowest BCUT2D eigenvalue weighted by molar-refractivity contribution is -0.148. The van der Waals surface area contributed by atoms with Crippen molar-refractivity contribution < 1.29 is 22.3 Å². The minimum absolute atomic E-state index is 0.0764. The first kappa shape index (κ1) is 21.8. The lowest BCUT2D eigenvalue weighted by atomic mass is 10.1. The molecule has 9 heteroatoms. The van der Waals surface area contributed by atoms with E-state index in [0.29, 0.717) is 0 Å². The molecule has 0 heterocycles. The fourth-order valence-electron chi connectivity index (χ4n) is 2.30. The maximum absolute atomic E-state index is 13.9. The number of nitrogens with one attached hydrogen (secondary N) is 1. The summed E-state index contributed by atoms with van der Waals surface area (Å²) in [6.45, 7) is 2.90. The number of rotatable bonds is 7. The third-order valence-electron chi connectivity index (χ3n) is 3.86. The van der Waals surface area contributed by atoms with Crippen molar-refractivity contribution in [2.24, 2.45) is 5.92 Å². The maximum Gasteiger partial charge on any atom is 0.324 e. The van der Waals surface area contributed by atoms with Gasteiger partial charge in [-0.1, -0.05) is 37.6 Å². The van der Waals surface area contributed by atoms with E-state index in [1.165, 1.54) is 36.4 Å². The number of halogens is 2. The standard InChI is InChI=1S/C19H18ClFN2O4S/c1-12(2)18(23-28(25,26)16-5-3-4-15(20)9-16)19(24)27-11-14-7-6-13(10-22)8-17(14)21/h3-9,12,18,23H,11H2,1-2H3/t18-/m0/s1. The molecule has 0 radical (unpaired) electrons. The average molecular weight is 425 g/mol. The van der Waals surface area contributed by atoms with Crippen molar-refractivity contribution in [1.29, 1.82) is 5.26 Å². The van der Waals surface area contributed by atoms with Gasteiger partial charge in [-0.2, -0.15) is 9.98 Å². The van der Waals surface area contributed by atoms with Crippen LogP contribution in [0.25, 0.3) is 0 Å². The predicted octanol–water partition coefficient (Wildman–Crippen LogP) is 3.40. The molecule has 148 valence electrons. The number of carbonyl (C=O) groups is 1. The number of esters is 1. The Balaban J connectivity index is 2.13. The summed E-state index contributed by atoms with van der Waals surface area (Å²) >= 11 is 5.83. The van der Waals surface area contributed by atoms with Crippen LogP contribution in [0, 0.1) is 23.1 Å². The van der Waals surface area contributed by atoms with Crippen LogP contribution < -0.4 is 4.72 Å². The number of ether oxygens (including phenoxy) is 1. The van der Waals surface area contributed by atoms with Gasteiger partial charge in [0.05, 0.1) is 16.5 Å². The van der Waals surface area contributed by atoms with Crippen molar-refractivity contribution in [3.8, 4) is 6.07 Å². The summed E-state index contributed by atoms with van der Waals surface area (Å²) in [4.78, 5) is 12.3. The molecule has 2 aromatic rings. The van der Waals surface area contributed by atoms with Gasteiger partial charge in [0.15, 0.2) is 0 Å². The zero-order valence-electron chi connectivity index (χ0n) is 15.1. The van der Waals surface area contributed by atoms with Crippen molar-refractivity contribution in [2.75, 3.05) is 0 Å². The Morgan fingerprint density at radius 1 is 1.29 bits per heavy atom. The van der Waals surface area contributed by atoms with Gasteiger partial charge in [-0.05, 0) is 36.2 Å². The predicted molar refractivity (Wildman–Crippen MR) is 101 cm³/mol. The number of hydrogen-bond acceptors (Lipinski definition) is 5. The van der Waals surface area contributed by atoms with E-state index >= 15 is 0 Å². The highest BCUT2D eigenvalue weighted by atomic mass is 35.5. The van der Waals surface area contributed by atoms with Gasteiger partial charge in [0, 0.05) is 10.6 Å². The normalized spacial score (nSPS) is 12.4. The number of hydrogen-bond donors (Lipinski definition) is 1. The molecule has 1 atom stereocenters. The Morgan fingerprint density at radius 3 is 2.57 bits per heavy atom. The number of benzene rings is 2. The molecule has 0 aromatic heterocycles. The SMILES string of the molecule is CC(C)[C@H](NS(=O)(=O)c1cccc(Cl)c1)C(=O)OCc1ccc(C#N)cc1F. The molecule has 2 aromatic carbocycles. The van der Waals surface area contributed by atoms with Crippen molar-refractivity contribution in [1.82, 2.24) is 4.72 Å². The van der Waals surface area contributed by atoms with Crippen molar-refractivity contribution in [3.63, 3.8) is 0 Å². The van der Waals surface area contributed by atoms with E-state index in [0.717, 1.165) is 6.07 Å². The summed E-state index contributed by atoms with van der Waals surface area (Å²) in [6, 6.07) is 10.0. The van der Waals surface area contributed by atoms with E-state index in [1.807, 2.05) is 0 Å². The molecular formula is C19H18ClFN2O4S. The quantitative estimate of drug-likeness (QED) is 0.687. The fourth-order valence-corrected chi connectivity index (χ4v) is 3.93. The Morgan fingerprint density at radius 2 is 2.00 bits per heavy atom. The summed E-state index contributed by atoms with van der Waals surface area (Å²) in [5.41, 5.74) is 0.217. The van der Waals surface area contributed by atoms with Gasteiger partial charge in [0.1, 0.15) is 18.5 Å². The number of nitriles is 1. The molecule has 1 N–H and O–H groups in total. The number of carbonyl (C=O) groups excluding carboxylic acids is 1. The van der Waals surface area contributed by atoms with Crippen LogP contribution in [0.1, 0.15) is 25.0 Å². The van der Waals surface area contributed by atoms with Crippen LogP contribution in [0.5, 0.6) is 0 Å². The minimum atomic E-state index is -4.02. The van der Waals surface area contributed by atoms with E-state index in [4.69, 9.17) is 21.6 Å². The second kappa shape index (κ2) is 9.15. The summed E-state index contributed by atoms with van der Waals surface area (Å²) in [6.07, 6.45) is 0. The van der Waals surface area contributed by atoms with E-state index < -0.39 is 40.4 Å². The van der Waals surface area contributed by atoms with Crippen molar-refractivity contribution in [3.05, 3.63) is 64.4 Å². The highest BCUT2D eigenvalue weighted by Crippen LogP contribution is 2.18. The lowest BCUT2D eigenvalue weighted by Crippen LogP contribution is -2.45. The molecule has 0 aliphatic heterocycles. The molecule has 28 heavy (non-hydrogen) atoms. The molecular weight excluding hydrogens is 407 g/mol. The molecule has 0 amide bonds.